The first kappa shape index (κ1) is 13.5. The van der Waals surface area contributed by atoms with Gasteiger partial charge >= 0.3 is 0 Å². The van der Waals surface area contributed by atoms with Gasteiger partial charge in [0.25, 0.3) is 11.6 Å². The number of hydrogen-bond donors (Lipinski definition) is 2. The van der Waals surface area contributed by atoms with Crippen LogP contribution in [0, 0.1) is 15.9 Å². The maximum atomic E-state index is 13.2. The molecule has 0 aliphatic rings. The van der Waals surface area contributed by atoms with E-state index in [0.717, 1.165) is 6.07 Å². The van der Waals surface area contributed by atoms with Crippen LogP contribution < -0.4 is 11.1 Å². The minimum Gasteiger partial charge on any atom is -0.396 e. The quantitative estimate of drug-likeness (QED) is 0.493. The van der Waals surface area contributed by atoms with Crippen molar-refractivity contribution in [2.75, 3.05) is 5.73 Å². The van der Waals surface area contributed by atoms with Crippen molar-refractivity contribution >= 4 is 17.3 Å². The summed E-state index contributed by atoms with van der Waals surface area (Å²) in [5.41, 5.74) is 3.98. The first-order chi connectivity index (χ1) is 9.49. The van der Waals surface area contributed by atoms with Crippen molar-refractivity contribution in [2.45, 2.75) is 6.54 Å². The molecule has 0 aliphatic carbocycles. The zero-order valence-corrected chi connectivity index (χ0v) is 10.00. The Morgan fingerprint density at radius 2 is 2.30 bits per heavy atom. The van der Waals surface area contributed by atoms with Crippen molar-refractivity contribution in [1.29, 1.82) is 0 Å². The van der Waals surface area contributed by atoms with Gasteiger partial charge in [-0.15, -0.1) is 0 Å². The van der Waals surface area contributed by atoms with Crippen molar-refractivity contribution in [3.63, 3.8) is 0 Å². The van der Waals surface area contributed by atoms with E-state index in [1.54, 1.807) is 0 Å². The first-order valence-corrected chi connectivity index (χ1v) is 5.40. The number of nitrogen functional groups attached to an aromatic ring is 1. The number of halogens is 1. The third-order valence-corrected chi connectivity index (χ3v) is 2.47. The Hall–Kier alpha value is -2.97. The number of rotatable bonds is 4. The normalized spacial score (nSPS) is 10.2. The first-order valence-electron chi connectivity index (χ1n) is 5.40. The van der Waals surface area contributed by atoms with Crippen LogP contribution in [0.5, 0.6) is 0 Å². The maximum Gasteiger partial charge on any atom is 0.285 e. The average molecular weight is 280 g/mol. The zero-order valence-electron chi connectivity index (χ0n) is 10.00. The molecule has 3 N–H and O–H groups in total. The van der Waals surface area contributed by atoms with Crippen molar-refractivity contribution < 1.29 is 18.6 Å². The maximum absolute atomic E-state index is 13.2. The van der Waals surface area contributed by atoms with E-state index < -0.39 is 22.3 Å². The molecule has 0 bridgehead atoms. The van der Waals surface area contributed by atoms with Crippen molar-refractivity contribution in [3.05, 3.63) is 51.7 Å². The number of nitrogens with one attached hydrogen (secondary N) is 1. The lowest BCUT2D eigenvalue weighted by Gasteiger charge is -2.05. The molecule has 9 heteroatoms. The van der Waals surface area contributed by atoms with Crippen LogP contribution in [0.3, 0.4) is 0 Å². The standard InChI is InChI=1S/C11H9FN4O4/c12-8-4-10(16(18)19)7(3-9(8)13)11(17)14-5-6-1-2-15-20-6/h1-4H,5,13H2,(H,14,17). The smallest absolute Gasteiger partial charge is 0.285 e. The second-order valence-corrected chi connectivity index (χ2v) is 3.81. The molecule has 8 nitrogen and oxygen atoms in total. The second-order valence-electron chi connectivity index (χ2n) is 3.81. The van der Waals surface area contributed by atoms with Crippen LogP contribution >= 0.6 is 0 Å². The number of benzene rings is 1. The van der Waals surface area contributed by atoms with Gasteiger partial charge in [0.05, 0.1) is 29.4 Å². The second kappa shape index (κ2) is 5.34. The van der Waals surface area contributed by atoms with Crippen LogP contribution in [-0.2, 0) is 6.54 Å². The molecule has 0 saturated heterocycles. The molecule has 0 spiro atoms. The minimum atomic E-state index is -0.955. The Morgan fingerprint density at radius 1 is 1.55 bits per heavy atom. The molecule has 0 atom stereocenters. The van der Waals surface area contributed by atoms with Gasteiger partial charge in [-0.25, -0.2) is 4.39 Å². The van der Waals surface area contributed by atoms with E-state index >= 15 is 0 Å². The third kappa shape index (κ3) is 2.71. The Balaban J connectivity index is 2.24. The number of aromatic nitrogens is 1. The fourth-order valence-corrected chi connectivity index (χ4v) is 1.51. The van der Waals surface area contributed by atoms with E-state index in [-0.39, 0.29) is 17.8 Å². The fourth-order valence-electron chi connectivity index (χ4n) is 1.51. The Labute approximate surface area is 111 Å². The van der Waals surface area contributed by atoms with Gasteiger partial charge in [-0.1, -0.05) is 5.16 Å². The fraction of sp³-hybridized carbons (Fsp3) is 0.0909. The van der Waals surface area contributed by atoms with Crippen LogP contribution in [0.2, 0.25) is 0 Å². The van der Waals surface area contributed by atoms with Gasteiger partial charge < -0.3 is 15.6 Å². The summed E-state index contributed by atoms with van der Waals surface area (Å²) in [4.78, 5) is 21.8. The molecule has 0 aliphatic heterocycles. The van der Waals surface area contributed by atoms with E-state index in [0.29, 0.717) is 11.8 Å². The van der Waals surface area contributed by atoms with Crippen molar-refractivity contribution in [1.82, 2.24) is 10.5 Å². The van der Waals surface area contributed by atoms with Crippen LogP contribution in [-0.4, -0.2) is 16.0 Å². The minimum absolute atomic E-state index is 0.00668. The van der Waals surface area contributed by atoms with Crippen LogP contribution in [0.4, 0.5) is 15.8 Å². The highest BCUT2D eigenvalue weighted by Crippen LogP contribution is 2.24. The Kier molecular flexibility index (Phi) is 3.60. The summed E-state index contributed by atoms with van der Waals surface area (Å²) in [6.07, 6.45) is 1.39. The summed E-state index contributed by atoms with van der Waals surface area (Å²) in [6.45, 7) is -0.00668. The highest BCUT2D eigenvalue weighted by Gasteiger charge is 2.23. The van der Waals surface area contributed by atoms with Crippen LogP contribution in [0.25, 0.3) is 0 Å². The lowest BCUT2D eigenvalue weighted by atomic mass is 10.1. The third-order valence-electron chi connectivity index (χ3n) is 2.47. The molecule has 1 aromatic heterocycles. The number of hydrogen-bond acceptors (Lipinski definition) is 6. The molecule has 2 rings (SSSR count). The summed E-state index contributed by atoms with van der Waals surface area (Å²) in [5.74, 6) is -1.35. The molecule has 0 unspecified atom stereocenters. The van der Waals surface area contributed by atoms with E-state index in [9.17, 15) is 19.3 Å². The van der Waals surface area contributed by atoms with E-state index in [4.69, 9.17) is 10.3 Å². The number of carbonyl (C=O) groups is 1. The Bertz CT molecular complexity index is 657. The Morgan fingerprint density at radius 3 is 2.90 bits per heavy atom. The van der Waals surface area contributed by atoms with E-state index in [2.05, 4.69) is 10.5 Å². The SMILES string of the molecule is Nc1cc(C(=O)NCc2ccno2)c([N+](=O)[O-])cc1F. The van der Waals surface area contributed by atoms with Gasteiger partial charge in [-0.3, -0.25) is 14.9 Å². The summed E-state index contributed by atoms with van der Waals surface area (Å²) in [6, 6.07) is 3.05. The number of amides is 1. The van der Waals surface area contributed by atoms with Crippen LogP contribution in [0.1, 0.15) is 16.1 Å². The predicted octanol–water partition coefficient (Wildman–Crippen LogP) is 1.23. The number of nitro groups is 1. The van der Waals surface area contributed by atoms with Gasteiger partial charge in [0.15, 0.2) is 11.6 Å². The van der Waals surface area contributed by atoms with E-state index in [1.807, 2.05) is 0 Å². The average Bonchev–Trinajstić information content (AvgIpc) is 2.91. The van der Waals surface area contributed by atoms with Gasteiger partial charge in [0, 0.05) is 6.07 Å². The molecular weight excluding hydrogens is 271 g/mol. The number of carbonyl (C=O) groups excluding carboxylic acids is 1. The number of anilines is 1. The van der Waals surface area contributed by atoms with Crippen molar-refractivity contribution in [3.8, 4) is 0 Å². The monoisotopic (exact) mass is 280 g/mol. The molecule has 0 saturated carbocycles. The largest absolute Gasteiger partial charge is 0.396 e. The summed E-state index contributed by atoms with van der Waals surface area (Å²) in [5, 5.41) is 16.6. The lowest BCUT2D eigenvalue weighted by Crippen LogP contribution is -2.23. The number of nitrogens with zero attached hydrogens (tertiary/aromatic N) is 2. The lowest BCUT2D eigenvalue weighted by molar-refractivity contribution is -0.385. The summed E-state index contributed by atoms with van der Waals surface area (Å²) >= 11 is 0. The van der Waals surface area contributed by atoms with E-state index in [1.165, 1.54) is 12.3 Å². The number of nitrogens with two attached hydrogens (primary N) is 1. The molecule has 0 radical (unpaired) electrons. The summed E-state index contributed by atoms with van der Waals surface area (Å²) < 4.78 is 18.0. The molecule has 1 aromatic carbocycles. The van der Waals surface area contributed by atoms with Gasteiger partial charge in [-0.05, 0) is 6.07 Å². The molecule has 2 aromatic rings. The predicted molar refractivity (Wildman–Crippen MR) is 65.1 cm³/mol. The molecule has 1 amide bonds. The highest BCUT2D eigenvalue weighted by molar-refractivity contribution is 5.99. The van der Waals surface area contributed by atoms with Gasteiger partial charge in [0.2, 0.25) is 0 Å². The van der Waals surface area contributed by atoms with Crippen LogP contribution in [0.15, 0.2) is 28.9 Å². The summed E-state index contributed by atoms with van der Waals surface area (Å²) in [7, 11) is 0. The van der Waals surface area contributed by atoms with Gasteiger partial charge in [0.1, 0.15) is 5.56 Å². The van der Waals surface area contributed by atoms with Gasteiger partial charge in [-0.2, -0.15) is 0 Å². The zero-order chi connectivity index (χ0) is 14.7. The van der Waals surface area contributed by atoms with Crippen molar-refractivity contribution in [2.24, 2.45) is 0 Å². The highest BCUT2D eigenvalue weighted by atomic mass is 19.1. The molecule has 104 valence electrons. The molecule has 1 heterocycles. The molecular formula is C11H9FN4O4. The molecule has 0 fully saturated rings. The number of nitro benzene ring substituents is 1. The topological polar surface area (TPSA) is 124 Å². The molecule has 20 heavy (non-hydrogen) atoms.